The van der Waals surface area contributed by atoms with Crippen molar-refractivity contribution in [2.24, 2.45) is 0 Å². The van der Waals surface area contributed by atoms with Crippen LogP contribution in [-0.2, 0) is 0 Å². The standard InChI is InChI=1S/C13H17N5OS/c1-4-14-12(19)10-5-6-11(18-17-10)16-9(3)13-15-7-8(2)20-13/h5-7,9H,4H2,1-3H3,(H,14,19)(H,16,18). The van der Waals surface area contributed by atoms with E-state index in [1.807, 2.05) is 27.0 Å². The van der Waals surface area contributed by atoms with Gasteiger partial charge in [-0.25, -0.2) is 4.98 Å². The van der Waals surface area contributed by atoms with Crippen molar-refractivity contribution >= 4 is 23.1 Å². The summed E-state index contributed by atoms with van der Waals surface area (Å²) in [5, 5.41) is 14.8. The number of aromatic nitrogens is 3. The quantitative estimate of drug-likeness (QED) is 0.882. The molecule has 0 saturated carbocycles. The van der Waals surface area contributed by atoms with Gasteiger partial charge in [0.2, 0.25) is 0 Å². The van der Waals surface area contributed by atoms with Crippen LogP contribution in [0.2, 0.25) is 0 Å². The van der Waals surface area contributed by atoms with Crippen molar-refractivity contribution in [2.45, 2.75) is 26.8 Å². The highest BCUT2D eigenvalue weighted by Crippen LogP contribution is 2.22. The summed E-state index contributed by atoms with van der Waals surface area (Å²) in [5.41, 5.74) is 0.315. The van der Waals surface area contributed by atoms with E-state index in [1.54, 1.807) is 23.5 Å². The predicted molar refractivity (Wildman–Crippen MR) is 78.9 cm³/mol. The van der Waals surface area contributed by atoms with Crippen LogP contribution in [0.3, 0.4) is 0 Å². The summed E-state index contributed by atoms with van der Waals surface area (Å²) in [5.74, 6) is 0.411. The lowest BCUT2D eigenvalue weighted by Gasteiger charge is -2.11. The molecule has 1 amide bonds. The molecule has 7 heteroatoms. The molecule has 0 saturated heterocycles. The zero-order chi connectivity index (χ0) is 14.5. The minimum Gasteiger partial charge on any atom is -0.360 e. The maximum Gasteiger partial charge on any atom is 0.271 e. The molecule has 0 radical (unpaired) electrons. The molecule has 0 aromatic carbocycles. The molecular weight excluding hydrogens is 274 g/mol. The lowest BCUT2D eigenvalue weighted by Crippen LogP contribution is -2.24. The van der Waals surface area contributed by atoms with Gasteiger partial charge >= 0.3 is 0 Å². The number of amides is 1. The van der Waals surface area contributed by atoms with Crippen LogP contribution in [-0.4, -0.2) is 27.6 Å². The van der Waals surface area contributed by atoms with E-state index in [4.69, 9.17) is 0 Å². The van der Waals surface area contributed by atoms with Crippen LogP contribution >= 0.6 is 11.3 Å². The van der Waals surface area contributed by atoms with E-state index in [0.29, 0.717) is 18.1 Å². The number of hydrogen-bond acceptors (Lipinski definition) is 6. The highest BCUT2D eigenvalue weighted by molar-refractivity contribution is 7.11. The predicted octanol–water partition coefficient (Wildman–Crippen LogP) is 2.16. The molecular formula is C13H17N5OS. The normalized spacial score (nSPS) is 11.9. The molecule has 0 bridgehead atoms. The minimum absolute atomic E-state index is 0.0540. The van der Waals surface area contributed by atoms with E-state index in [2.05, 4.69) is 25.8 Å². The second-order valence-corrected chi connectivity index (χ2v) is 5.60. The van der Waals surface area contributed by atoms with Crippen LogP contribution in [0.1, 0.15) is 40.3 Å². The molecule has 0 aliphatic rings. The Morgan fingerprint density at radius 3 is 2.75 bits per heavy atom. The highest BCUT2D eigenvalue weighted by atomic mass is 32.1. The van der Waals surface area contributed by atoms with Crippen LogP contribution in [0.25, 0.3) is 0 Å². The van der Waals surface area contributed by atoms with Gasteiger partial charge < -0.3 is 10.6 Å². The zero-order valence-corrected chi connectivity index (χ0v) is 12.5. The van der Waals surface area contributed by atoms with Crippen LogP contribution < -0.4 is 10.6 Å². The van der Waals surface area contributed by atoms with E-state index < -0.39 is 0 Å². The van der Waals surface area contributed by atoms with Crippen molar-refractivity contribution < 1.29 is 4.79 Å². The molecule has 0 spiro atoms. The Bertz CT molecular complexity index is 581. The number of nitrogens with one attached hydrogen (secondary N) is 2. The van der Waals surface area contributed by atoms with Gasteiger partial charge in [-0.05, 0) is 32.9 Å². The third-order valence-electron chi connectivity index (χ3n) is 2.61. The van der Waals surface area contributed by atoms with Crippen molar-refractivity contribution in [3.05, 3.63) is 33.9 Å². The van der Waals surface area contributed by atoms with Crippen molar-refractivity contribution in [2.75, 3.05) is 11.9 Å². The number of anilines is 1. The fourth-order valence-electron chi connectivity index (χ4n) is 1.64. The minimum atomic E-state index is -0.213. The summed E-state index contributed by atoms with van der Waals surface area (Å²) in [6.07, 6.45) is 1.85. The molecule has 0 aliphatic heterocycles. The molecule has 1 atom stereocenters. The summed E-state index contributed by atoms with van der Waals surface area (Å²) in [4.78, 5) is 17.1. The van der Waals surface area contributed by atoms with E-state index in [1.165, 1.54) is 4.88 Å². The maximum absolute atomic E-state index is 11.6. The largest absolute Gasteiger partial charge is 0.360 e. The molecule has 106 valence electrons. The number of thiazole rings is 1. The second kappa shape index (κ2) is 6.42. The van der Waals surface area contributed by atoms with E-state index in [-0.39, 0.29) is 11.9 Å². The Morgan fingerprint density at radius 2 is 2.20 bits per heavy atom. The van der Waals surface area contributed by atoms with Gasteiger partial charge in [0.15, 0.2) is 5.69 Å². The SMILES string of the molecule is CCNC(=O)c1ccc(NC(C)c2ncc(C)s2)nn1. The molecule has 2 aromatic heterocycles. The van der Waals surface area contributed by atoms with E-state index >= 15 is 0 Å². The van der Waals surface area contributed by atoms with Crippen molar-refractivity contribution in [1.82, 2.24) is 20.5 Å². The molecule has 2 N–H and O–H groups in total. The maximum atomic E-state index is 11.6. The average Bonchev–Trinajstić information content (AvgIpc) is 2.86. The first kappa shape index (κ1) is 14.4. The topological polar surface area (TPSA) is 79.8 Å². The third-order valence-corrected chi connectivity index (χ3v) is 3.70. The van der Waals surface area contributed by atoms with Crippen molar-refractivity contribution in [3.8, 4) is 0 Å². The molecule has 2 aromatic rings. The third kappa shape index (κ3) is 3.51. The van der Waals surface area contributed by atoms with Gasteiger partial charge in [-0.15, -0.1) is 21.5 Å². The number of rotatable bonds is 5. The fraction of sp³-hybridized carbons (Fsp3) is 0.385. The summed E-state index contributed by atoms with van der Waals surface area (Å²) in [6.45, 7) is 6.46. The Morgan fingerprint density at radius 1 is 1.40 bits per heavy atom. The second-order valence-electron chi connectivity index (χ2n) is 4.34. The molecule has 2 heterocycles. The average molecular weight is 291 g/mol. The Labute approximate surface area is 121 Å². The Kier molecular flexibility index (Phi) is 4.62. The lowest BCUT2D eigenvalue weighted by molar-refractivity contribution is 0.0950. The molecule has 0 fully saturated rings. The summed E-state index contributed by atoms with van der Waals surface area (Å²) in [7, 11) is 0. The first-order chi connectivity index (χ1) is 9.60. The highest BCUT2D eigenvalue weighted by Gasteiger charge is 2.11. The Hall–Kier alpha value is -2.02. The van der Waals surface area contributed by atoms with Gasteiger partial charge in [-0.2, -0.15) is 0 Å². The van der Waals surface area contributed by atoms with Crippen LogP contribution in [0.5, 0.6) is 0 Å². The van der Waals surface area contributed by atoms with Gasteiger partial charge in [0.05, 0.1) is 6.04 Å². The van der Waals surface area contributed by atoms with Crippen LogP contribution in [0.4, 0.5) is 5.82 Å². The molecule has 1 unspecified atom stereocenters. The smallest absolute Gasteiger partial charge is 0.271 e. The molecule has 2 rings (SSSR count). The number of aryl methyl sites for hydroxylation is 1. The van der Waals surface area contributed by atoms with Gasteiger partial charge in [0.1, 0.15) is 10.8 Å². The van der Waals surface area contributed by atoms with Gasteiger partial charge in [0, 0.05) is 17.6 Å². The van der Waals surface area contributed by atoms with Gasteiger partial charge in [0.25, 0.3) is 5.91 Å². The van der Waals surface area contributed by atoms with Gasteiger partial charge in [-0.3, -0.25) is 4.79 Å². The van der Waals surface area contributed by atoms with E-state index in [0.717, 1.165) is 5.01 Å². The number of nitrogens with zero attached hydrogens (tertiary/aromatic N) is 3. The van der Waals surface area contributed by atoms with Crippen LogP contribution in [0.15, 0.2) is 18.3 Å². The van der Waals surface area contributed by atoms with Gasteiger partial charge in [-0.1, -0.05) is 0 Å². The van der Waals surface area contributed by atoms with Crippen molar-refractivity contribution in [1.29, 1.82) is 0 Å². The fourth-order valence-corrected chi connectivity index (χ4v) is 2.41. The van der Waals surface area contributed by atoms with E-state index in [9.17, 15) is 4.79 Å². The number of carbonyl (C=O) groups is 1. The number of carbonyl (C=O) groups excluding carboxylic acids is 1. The van der Waals surface area contributed by atoms with Crippen molar-refractivity contribution in [3.63, 3.8) is 0 Å². The molecule has 20 heavy (non-hydrogen) atoms. The first-order valence-electron chi connectivity index (χ1n) is 6.41. The van der Waals surface area contributed by atoms with Crippen LogP contribution in [0, 0.1) is 6.92 Å². The first-order valence-corrected chi connectivity index (χ1v) is 7.22. The summed E-state index contributed by atoms with van der Waals surface area (Å²) in [6, 6.07) is 3.45. The monoisotopic (exact) mass is 291 g/mol. The molecule has 0 aliphatic carbocycles. The lowest BCUT2D eigenvalue weighted by atomic mass is 10.3. The summed E-state index contributed by atoms with van der Waals surface area (Å²) < 4.78 is 0. The number of hydrogen-bond donors (Lipinski definition) is 2. The zero-order valence-electron chi connectivity index (χ0n) is 11.7. The summed E-state index contributed by atoms with van der Waals surface area (Å²) >= 11 is 1.64. The molecule has 6 nitrogen and oxygen atoms in total. The Balaban J connectivity index is 2.01.